The zero-order valence-corrected chi connectivity index (χ0v) is 23.2. The molecule has 0 unspecified atom stereocenters. The van der Waals surface area contributed by atoms with Gasteiger partial charge in [0.25, 0.3) is 0 Å². The van der Waals surface area contributed by atoms with Crippen molar-refractivity contribution >= 4 is 39.2 Å². The van der Waals surface area contributed by atoms with Crippen LogP contribution in [0.15, 0.2) is 65.1 Å². The number of halogens is 1. The Labute approximate surface area is 231 Å². The molecule has 1 fully saturated rings. The molecule has 1 amide bonds. The number of aromatic carboxylic acids is 1. The van der Waals surface area contributed by atoms with Crippen molar-refractivity contribution in [1.29, 1.82) is 0 Å². The van der Waals surface area contributed by atoms with Crippen molar-refractivity contribution in [2.75, 3.05) is 37.2 Å². The highest BCUT2D eigenvalue weighted by Gasteiger charge is 2.24. The Morgan fingerprint density at radius 2 is 1.71 bits per heavy atom. The first-order chi connectivity index (χ1) is 18.4. The normalized spacial score (nSPS) is 13.2. The molecule has 3 aromatic rings. The first kappa shape index (κ1) is 27.5. The van der Waals surface area contributed by atoms with Gasteiger partial charge in [0, 0.05) is 24.1 Å². The number of carboxylic acids is 1. The molecule has 0 atom stereocenters. The predicted octanol–water partition coefficient (Wildman–Crippen LogP) is 5.44. The number of para-hydroxylation sites is 2. The van der Waals surface area contributed by atoms with E-state index in [9.17, 15) is 14.7 Å². The van der Waals surface area contributed by atoms with Crippen LogP contribution in [0.25, 0.3) is 0 Å². The standard InChI is InChI=1S/C29H32BrN3O5/c1-37-22-12-10-20(11-13-22)19-31-33(26-9-5-4-8-25(26)32-14-6-3-7-15-32)28(34)17-21-16-27(38-2)23(29(35)36)18-24(21)30/h4-5,8-13,16,18,31H,3,6-7,14-15,17,19H2,1-2H3,(H,35,36). The Balaban J connectivity index is 1.66. The molecule has 0 radical (unpaired) electrons. The molecule has 1 aliphatic heterocycles. The molecule has 0 saturated carbocycles. The number of rotatable bonds is 10. The minimum atomic E-state index is -1.10. The molecule has 3 aromatic carbocycles. The lowest BCUT2D eigenvalue weighted by atomic mass is 10.1. The van der Waals surface area contributed by atoms with E-state index in [0.29, 0.717) is 16.6 Å². The highest BCUT2D eigenvalue weighted by molar-refractivity contribution is 9.10. The molecule has 4 rings (SSSR count). The van der Waals surface area contributed by atoms with Crippen LogP contribution >= 0.6 is 15.9 Å². The van der Waals surface area contributed by atoms with Crippen LogP contribution in [0.5, 0.6) is 11.5 Å². The topological polar surface area (TPSA) is 91.3 Å². The Bertz CT molecular complexity index is 1280. The van der Waals surface area contributed by atoms with Crippen molar-refractivity contribution in [3.8, 4) is 11.5 Å². The summed E-state index contributed by atoms with van der Waals surface area (Å²) in [6, 6.07) is 18.7. The summed E-state index contributed by atoms with van der Waals surface area (Å²) in [5.41, 5.74) is 6.77. The summed E-state index contributed by atoms with van der Waals surface area (Å²) >= 11 is 3.45. The highest BCUT2D eigenvalue weighted by Crippen LogP contribution is 2.33. The minimum Gasteiger partial charge on any atom is -0.497 e. The van der Waals surface area contributed by atoms with E-state index in [1.54, 1.807) is 18.2 Å². The van der Waals surface area contributed by atoms with E-state index in [4.69, 9.17) is 9.47 Å². The maximum absolute atomic E-state index is 13.9. The third kappa shape index (κ3) is 6.46. The number of hydrogen-bond donors (Lipinski definition) is 2. The van der Waals surface area contributed by atoms with Gasteiger partial charge in [-0.25, -0.2) is 15.2 Å². The number of methoxy groups -OCH3 is 2. The number of piperidine rings is 1. The van der Waals surface area contributed by atoms with E-state index in [1.807, 2.05) is 42.5 Å². The highest BCUT2D eigenvalue weighted by atomic mass is 79.9. The SMILES string of the molecule is COc1ccc(CNN(C(=O)Cc2cc(OC)c(C(=O)O)cc2Br)c2ccccc2N2CCCCC2)cc1. The van der Waals surface area contributed by atoms with Gasteiger partial charge in [0.15, 0.2) is 0 Å². The summed E-state index contributed by atoms with van der Waals surface area (Å²) in [6.07, 6.45) is 3.47. The summed E-state index contributed by atoms with van der Waals surface area (Å²) in [5, 5.41) is 11.1. The molecule has 1 heterocycles. The molecule has 0 spiro atoms. The molecule has 1 saturated heterocycles. The number of hydrogen-bond acceptors (Lipinski definition) is 6. The second-order valence-electron chi connectivity index (χ2n) is 9.07. The second-order valence-corrected chi connectivity index (χ2v) is 9.93. The summed E-state index contributed by atoms with van der Waals surface area (Å²) < 4.78 is 11.1. The van der Waals surface area contributed by atoms with Crippen molar-refractivity contribution in [2.24, 2.45) is 0 Å². The number of benzene rings is 3. The van der Waals surface area contributed by atoms with Gasteiger partial charge in [-0.1, -0.05) is 40.2 Å². The zero-order chi connectivity index (χ0) is 27.1. The number of anilines is 2. The Kier molecular flexibility index (Phi) is 9.25. The van der Waals surface area contributed by atoms with Crippen LogP contribution in [0.3, 0.4) is 0 Å². The number of carboxylic acid groups (broad SMARTS) is 1. The van der Waals surface area contributed by atoms with Gasteiger partial charge in [-0.2, -0.15) is 0 Å². The van der Waals surface area contributed by atoms with E-state index in [1.165, 1.54) is 19.6 Å². The summed E-state index contributed by atoms with van der Waals surface area (Å²) in [4.78, 5) is 27.8. The molecule has 0 bridgehead atoms. The fourth-order valence-corrected chi connectivity index (χ4v) is 5.07. The fourth-order valence-electron chi connectivity index (χ4n) is 4.59. The van der Waals surface area contributed by atoms with Gasteiger partial charge in [0.2, 0.25) is 5.91 Å². The van der Waals surface area contributed by atoms with Gasteiger partial charge in [-0.3, -0.25) is 4.79 Å². The van der Waals surface area contributed by atoms with Crippen molar-refractivity contribution in [3.05, 3.63) is 81.8 Å². The van der Waals surface area contributed by atoms with Crippen LogP contribution < -0.4 is 24.8 Å². The largest absolute Gasteiger partial charge is 0.497 e. The average Bonchev–Trinajstić information content (AvgIpc) is 2.95. The quantitative estimate of drug-likeness (QED) is 0.308. The molecule has 2 N–H and O–H groups in total. The molecule has 38 heavy (non-hydrogen) atoms. The molecule has 200 valence electrons. The van der Waals surface area contributed by atoms with Crippen molar-refractivity contribution in [2.45, 2.75) is 32.2 Å². The lowest BCUT2D eigenvalue weighted by molar-refractivity contribution is -0.118. The molecule has 8 nitrogen and oxygen atoms in total. The monoisotopic (exact) mass is 581 g/mol. The third-order valence-corrected chi connectivity index (χ3v) is 7.35. The van der Waals surface area contributed by atoms with Crippen LogP contribution in [-0.2, 0) is 17.8 Å². The summed E-state index contributed by atoms with van der Waals surface area (Å²) in [5.74, 6) is -0.317. The Morgan fingerprint density at radius 1 is 1.00 bits per heavy atom. The number of nitrogens with zero attached hydrogens (tertiary/aromatic N) is 2. The maximum Gasteiger partial charge on any atom is 0.339 e. The number of hydrazine groups is 1. The van der Waals surface area contributed by atoms with Crippen LogP contribution in [0.2, 0.25) is 0 Å². The number of carbonyl (C=O) groups is 2. The lowest BCUT2D eigenvalue weighted by Crippen LogP contribution is -2.45. The Morgan fingerprint density at radius 3 is 2.37 bits per heavy atom. The maximum atomic E-state index is 13.9. The van der Waals surface area contributed by atoms with Gasteiger partial charge in [0.05, 0.1) is 32.0 Å². The fraction of sp³-hybridized carbons (Fsp3) is 0.310. The van der Waals surface area contributed by atoms with Crippen LogP contribution in [0.4, 0.5) is 11.4 Å². The summed E-state index contributed by atoms with van der Waals surface area (Å²) in [6.45, 7) is 2.31. The van der Waals surface area contributed by atoms with E-state index < -0.39 is 5.97 Å². The summed E-state index contributed by atoms with van der Waals surface area (Å²) in [7, 11) is 3.04. The van der Waals surface area contributed by atoms with E-state index in [-0.39, 0.29) is 23.6 Å². The van der Waals surface area contributed by atoms with Gasteiger partial charge in [-0.15, -0.1) is 0 Å². The third-order valence-electron chi connectivity index (χ3n) is 6.61. The van der Waals surface area contributed by atoms with Crippen LogP contribution in [-0.4, -0.2) is 44.3 Å². The number of carbonyl (C=O) groups excluding carboxylic acids is 1. The molecule has 0 aliphatic carbocycles. The molecule has 9 heteroatoms. The first-order valence-corrected chi connectivity index (χ1v) is 13.3. The predicted molar refractivity (Wildman–Crippen MR) is 151 cm³/mol. The molecular formula is C29H32BrN3O5. The molecular weight excluding hydrogens is 550 g/mol. The van der Waals surface area contributed by atoms with Gasteiger partial charge in [-0.05, 0) is 66.8 Å². The molecule has 0 aromatic heterocycles. The van der Waals surface area contributed by atoms with E-state index >= 15 is 0 Å². The van der Waals surface area contributed by atoms with Crippen molar-refractivity contribution < 1.29 is 24.2 Å². The van der Waals surface area contributed by atoms with Crippen LogP contribution in [0.1, 0.15) is 40.7 Å². The van der Waals surface area contributed by atoms with E-state index in [2.05, 4.69) is 32.3 Å². The number of amides is 1. The van der Waals surface area contributed by atoms with Crippen LogP contribution in [0, 0.1) is 0 Å². The number of ether oxygens (including phenoxy) is 2. The second kappa shape index (κ2) is 12.8. The molecule has 1 aliphatic rings. The van der Waals surface area contributed by atoms with Gasteiger partial charge >= 0.3 is 5.97 Å². The lowest BCUT2D eigenvalue weighted by Gasteiger charge is -2.34. The van der Waals surface area contributed by atoms with Gasteiger partial charge in [0.1, 0.15) is 17.1 Å². The number of nitrogens with one attached hydrogen (secondary N) is 1. The first-order valence-electron chi connectivity index (χ1n) is 12.5. The van der Waals surface area contributed by atoms with E-state index in [0.717, 1.165) is 48.6 Å². The van der Waals surface area contributed by atoms with Crippen molar-refractivity contribution in [3.63, 3.8) is 0 Å². The Hall–Kier alpha value is -3.56. The smallest absolute Gasteiger partial charge is 0.339 e. The van der Waals surface area contributed by atoms with Crippen molar-refractivity contribution in [1.82, 2.24) is 5.43 Å². The van der Waals surface area contributed by atoms with Gasteiger partial charge < -0.3 is 19.5 Å². The average molecular weight is 582 g/mol. The minimum absolute atomic E-state index is 0.0282. The zero-order valence-electron chi connectivity index (χ0n) is 21.6.